The molecule has 0 saturated heterocycles. The van der Waals surface area contributed by atoms with Gasteiger partial charge in [-0.2, -0.15) is 0 Å². The van der Waals surface area contributed by atoms with Gasteiger partial charge in [-0.1, -0.05) is 0 Å². The number of H-pyrrole nitrogens is 2. The Hall–Kier alpha value is -3.76. The highest BCUT2D eigenvalue weighted by Crippen LogP contribution is 2.28. The molecule has 4 N–H and O–H groups in total. The second kappa shape index (κ2) is 5.93. The van der Waals surface area contributed by atoms with E-state index in [1.54, 1.807) is 0 Å². The molecule has 2 rings (SSSR count). The highest BCUT2D eigenvalue weighted by atomic mass is 16.6. The summed E-state index contributed by atoms with van der Waals surface area (Å²) in [6, 6.07) is 2.99. The van der Waals surface area contributed by atoms with Crippen LogP contribution < -0.4 is 11.2 Å². The number of aromatic carboxylic acids is 1. The Kier molecular flexibility index (Phi) is 4.03. The smallest absolute Gasteiger partial charge is 0.335 e. The highest BCUT2D eigenvalue weighted by Gasteiger charge is 2.17. The summed E-state index contributed by atoms with van der Waals surface area (Å²) in [6.45, 7) is 0. The second-order valence-electron chi connectivity index (χ2n) is 4.19. The first-order valence-corrected chi connectivity index (χ1v) is 5.91. The Morgan fingerprint density at radius 3 is 2.57 bits per heavy atom. The molecular formula is C12H8N4O7. The first-order chi connectivity index (χ1) is 10.8. The Balaban J connectivity index is 2.52. The van der Waals surface area contributed by atoms with Crippen molar-refractivity contribution in [1.82, 2.24) is 9.97 Å². The van der Waals surface area contributed by atoms with Crippen LogP contribution in [0.3, 0.4) is 0 Å². The Bertz CT molecular complexity index is 941. The van der Waals surface area contributed by atoms with Crippen LogP contribution in [0.2, 0.25) is 0 Å². The van der Waals surface area contributed by atoms with Crippen LogP contribution in [-0.4, -0.2) is 37.3 Å². The number of nitrogens with one attached hydrogen (secondary N) is 2. The molecule has 0 unspecified atom stereocenters. The summed E-state index contributed by atoms with van der Waals surface area (Å²) < 4.78 is 0. The van der Waals surface area contributed by atoms with Crippen LogP contribution in [0, 0.1) is 10.1 Å². The predicted octanol–water partition coefficient (Wildman–Crippen LogP) is 0.126. The number of hydrogen-bond acceptors (Lipinski definition) is 7. The molecule has 23 heavy (non-hydrogen) atoms. The van der Waals surface area contributed by atoms with E-state index in [-0.39, 0.29) is 11.3 Å². The van der Waals surface area contributed by atoms with Crippen LogP contribution in [0.1, 0.15) is 15.9 Å². The Morgan fingerprint density at radius 1 is 1.30 bits per heavy atom. The fraction of sp³-hybridized carbons (Fsp3) is 0. The number of rotatable bonds is 4. The van der Waals surface area contributed by atoms with Crippen molar-refractivity contribution in [2.75, 3.05) is 0 Å². The van der Waals surface area contributed by atoms with Gasteiger partial charge in [0, 0.05) is 12.3 Å². The minimum Gasteiger partial charge on any atom is -0.494 e. The van der Waals surface area contributed by atoms with E-state index in [1.807, 2.05) is 9.97 Å². The van der Waals surface area contributed by atoms with E-state index in [1.165, 1.54) is 0 Å². The second-order valence-corrected chi connectivity index (χ2v) is 4.19. The zero-order valence-corrected chi connectivity index (χ0v) is 11.1. The lowest BCUT2D eigenvalue weighted by Crippen LogP contribution is -2.24. The third kappa shape index (κ3) is 3.29. The monoisotopic (exact) mass is 320 g/mol. The van der Waals surface area contributed by atoms with Crippen molar-refractivity contribution >= 4 is 23.6 Å². The lowest BCUT2D eigenvalue weighted by molar-refractivity contribution is -0.384. The van der Waals surface area contributed by atoms with E-state index in [9.17, 15) is 29.6 Å². The molecule has 0 aliphatic heterocycles. The van der Waals surface area contributed by atoms with Crippen LogP contribution in [0.15, 0.2) is 32.8 Å². The number of aliphatic imine (C=N–C) groups is 1. The molecule has 1 aromatic carbocycles. The molecule has 11 nitrogen and oxygen atoms in total. The van der Waals surface area contributed by atoms with Crippen LogP contribution in [0.25, 0.3) is 0 Å². The first-order valence-electron chi connectivity index (χ1n) is 5.91. The molecule has 0 aliphatic carbocycles. The summed E-state index contributed by atoms with van der Waals surface area (Å²) in [5.41, 5.74) is -3.42. The van der Waals surface area contributed by atoms with Gasteiger partial charge in [0.05, 0.1) is 10.5 Å². The minimum absolute atomic E-state index is 0.231. The molecule has 1 heterocycles. The van der Waals surface area contributed by atoms with Crippen molar-refractivity contribution in [3.05, 3.63) is 60.3 Å². The van der Waals surface area contributed by atoms with Gasteiger partial charge in [-0.15, -0.1) is 0 Å². The predicted molar refractivity (Wildman–Crippen MR) is 76.7 cm³/mol. The number of nitrogens with zero attached hydrogens (tertiary/aromatic N) is 2. The fourth-order valence-corrected chi connectivity index (χ4v) is 1.65. The van der Waals surface area contributed by atoms with Gasteiger partial charge in [0.15, 0.2) is 0 Å². The summed E-state index contributed by atoms with van der Waals surface area (Å²) in [7, 11) is 0. The number of benzene rings is 1. The van der Waals surface area contributed by atoms with E-state index in [0.29, 0.717) is 0 Å². The first kappa shape index (κ1) is 15.6. The summed E-state index contributed by atoms with van der Waals surface area (Å²) in [4.78, 5) is 50.8. The van der Waals surface area contributed by atoms with Gasteiger partial charge in [0.25, 0.3) is 11.2 Å². The third-order valence-electron chi connectivity index (χ3n) is 2.71. The number of hydrogen-bond donors (Lipinski definition) is 4. The number of carboxylic acid groups (broad SMARTS) is 1. The molecule has 11 heteroatoms. The summed E-state index contributed by atoms with van der Waals surface area (Å²) in [6.07, 6.45) is 0.812. The largest absolute Gasteiger partial charge is 0.494 e. The number of nitro benzene ring substituents is 1. The number of aromatic amines is 2. The maximum atomic E-state index is 11.5. The molecular weight excluding hydrogens is 312 g/mol. The zero-order valence-electron chi connectivity index (χ0n) is 11.1. The molecule has 0 bridgehead atoms. The van der Waals surface area contributed by atoms with E-state index in [2.05, 4.69) is 4.99 Å². The lowest BCUT2D eigenvalue weighted by atomic mass is 10.2. The van der Waals surface area contributed by atoms with Crippen molar-refractivity contribution < 1.29 is 19.9 Å². The molecule has 0 fully saturated rings. The third-order valence-corrected chi connectivity index (χ3v) is 2.71. The number of carboxylic acids is 1. The van der Waals surface area contributed by atoms with Crippen molar-refractivity contribution in [3.63, 3.8) is 0 Å². The van der Waals surface area contributed by atoms with Crippen LogP contribution in [0.5, 0.6) is 5.88 Å². The number of aromatic hydroxyl groups is 1. The Morgan fingerprint density at radius 2 is 2.00 bits per heavy atom. The van der Waals surface area contributed by atoms with E-state index in [4.69, 9.17) is 5.11 Å². The van der Waals surface area contributed by atoms with E-state index in [0.717, 1.165) is 24.4 Å². The quantitative estimate of drug-likeness (QED) is 0.351. The normalized spacial score (nSPS) is 10.8. The minimum atomic E-state index is -1.35. The maximum Gasteiger partial charge on any atom is 0.335 e. The number of aromatic nitrogens is 2. The molecule has 0 radical (unpaired) electrons. The van der Waals surface area contributed by atoms with Crippen molar-refractivity contribution in [2.45, 2.75) is 0 Å². The number of carbonyl (C=O) groups is 1. The van der Waals surface area contributed by atoms with Crippen molar-refractivity contribution in [2.24, 2.45) is 4.99 Å². The van der Waals surface area contributed by atoms with Gasteiger partial charge in [-0.25, -0.2) is 14.6 Å². The van der Waals surface area contributed by atoms with Crippen LogP contribution in [-0.2, 0) is 0 Å². The highest BCUT2D eigenvalue weighted by molar-refractivity contribution is 5.90. The van der Waals surface area contributed by atoms with Gasteiger partial charge < -0.3 is 10.2 Å². The average Bonchev–Trinajstić information content (AvgIpc) is 2.45. The molecule has 0 amide bonds. The molecule has 0 atom stereocenters. The molecule has 2 aromatic rings. The molecule has 1 aromatic heterocycles. The van der Waals surface area contributed by atoms with Gasteiger partial charge in [0.2, 0.25) is 5.88 Å². The van der Waals surface area contributed by atoms with Gasteiger partial charge in [-0.05, 0) is 12.1 Å². The molecule has 0 aliphatic rings. The van der Waals surface area contributed by atoms with Crippen molar-refractivity contribution in [3.8, 4) is 5.88 Å². The van der Waals surface area contributed by atoms with Gasteiger partial charge in [-0.3, -0.25) is 24.9 Å². The number of nitro groups is 1. The molecule has 118 valence electrons. The average molecular weight is 320 g/mol. The van der Waals surface area contributed by atoms with E-state index < -0.39 is 39.3 Å². The fourth-order valence-electron chi connectivity index (χ4n) is 1.65. The van der Waals surface area contributed by atoms with Crippen molar-refractivity contribution in [1.29, 1.82) is 0 Å². The zero-order chi connectivity index (χ0) is 17.1. The van der Waals surface area contributed by atoms with Crippen LogP contribution in [0.4, 0.5) is 11.4 Å². The van der Waals surface area contributed by atoms with E-state index >= 15 is 0 Å². The van der Waals surface area contributed by atoms with Crippen LogP contribution >= 0.6 is 0 Å². The summed E-state index contributed by atoms with van der Waals surface area (Å²) >= 11 is 0. The molecule has 0 spiro atoms. The SMILES string of the molecule is O=C(O)c1ccc(N=Cc2c(O)[nH]c(=O)[nH]c2=O)c([N+](=O)[O-])c1. The topological polar surface area (TPSA) is 179 Å². The Labute approximate surface area is 125 Å². The molecule has 0 saturated carbocycles. The summed E-state index contributed by atoms with van der Waals surface area (Å²) in [5.74, 6) is -2.11. The lowest BCUT2D eigenvalue weighted by Gasteiger charge is -2.00. The maximum absolute atomic E-state index is 11.5. The summed E-state index contributed by atoms with van der Waals surface area (Å²) in [5, 5.41) is 29.2. The van der Waals surface area contributed by atoms with Gasteiger partial charge >= 0.3 is 11.7 Å². The van der Waals surface area contributed by atoms with Gasteiger partial charge in [0.1, 0.15) is 11.3 Å². The standard InChI is InChI=1S/C12H8N4O7/c17-9-6(10(18)15-12(21)14-9)4-13-7-2-1-5(11(19)20)3-8(7)16(22)23/h1-4H,(H,19,20)(H3,14,15,17,18,21).